The highest BCUT2D eigenvalue weighted by atomic mass is 35.5. The van der Waals surface area contributed by atoms with Crippen LogP contribution in [0.15, 0.2) is 68.9 Å². The molecule has 0 atom stereocenters. The molecule has 1 aliphatic heterocycles. The van der Waals surface area contributed by atoms with Crippen molar-refractivity contribution in [3.05, 3.63) is 64.2 Å². The Morgan fingerprint density at radius 2 is 1.93 bits per heavy atom. The van der Waals surface area contributed by atoms with Crippen LogP contribution in [0.25, 0.3) is 0 Å². The Labute approximate surface area is 176 Å². The van der Waals surface area contributed by atoms with Crippen LogP contribution >= 0.6 is 35.1 Å². The first-order valence-electron chi connectivity index (χ1n) is 8.22. The van der Waals surface area contributed by atoms with Gasteiger partial charge in [-0.15, -0.1) is 11.8 Å². The predicted octanol–water partition coefficient (Wildman–Crippen LogP) is 4.52. The molecule has 0 spiro atoms. The lowest BCUT2D eigenvalue weighted by atomic mass is 10.2. The van der Waals surface area contributed by atoms with E-state index in [1.807, 2.05) is 36.4 Å². The molecular formula is C20H15ClN2O3S2. The zero-order valence-corrected chi connectivity index (χ0v) is 17.2. The quantitative estimate of drug-likeness (QED) is 0.288. The van der Waals surface area contributed by atoms with Crippen molar-refractivity contribution in [2.24, 2.45) is 0 Å². The van der Waals surface area contributed by atoms with Crippen molar-refractivity contribution in [3.8, 4) is 6.07 Å². The van der Waals surface area contributed by atoms with Crippen LogP contribution in [0.1, 0.15) is 0 Å². The third-order valence-electron chi connectivity index (χ3n) is 3.89. The minimum absolute atomic E-state index is 0.0183. The minimum Gasteiger partial charge on any atom is -0.457 e. The first kappa shape index (κ1) is 20.3. The Balaban J connectivity index is 1.60. The fourth-order valence-electron chi connectivity index (χ4n) is 2.51. The number of carbonyl (C=O) groups excluding carboxylic acids is 2. The maximum Gasteiger partial charge on any atom is 0.316 e. The number of hydrogen-bond donors (Lipinski definition) is 0. The molecule has 142 valence electrons. The summed E-state index contributed by atoms with van der Waals surface area (Å²) in [6.07, 6.45) is 0. The average molecular weight is 431 g/mol. The monoisotopic (exact) mass is 430 g/mol. The van der Waals surface area contributed by atoms with Gasteiger partial charge >= 0.3 is 5.97 Å². The van der Waals surface area contributed by atoms with E-state index in [9.17, 15) is 14.9 Å². The third kappa shape index (κ3) is 4.53. The first-order chi connectivity index (χ1) is 13.5. The summed E-state index contributed by atoms with van der Waals surface area (Å²) in [4.78, 5) is 27.9. The summed E-state index contributed by atoms with van der Waals surface area (Å²) in [5.74, 6) is -1.05. The minimum atomic E-state index is -0.545. The van der Waals surface area contributed by atoms with Gasteiger partial charge in [0.2, 0.25) is 5.78 Å². The number of anilines is 1. The predicted molar refractivity (Wildman–Crippen MR) is 111 cm³/mol. The normalized spacial score (nSPS) is 14.2. The van der Waals surface area contributed by atoms with E-state index in [4.69, 9.17) is 16.3 Å². The van der Waals surface area contributed by atoms with Gasteiger partial charge in [-0.1, -0.05) is 47.6 Å². The van der Waals surface area contributed by atoms with Crippen molar-refractivity contribution in [2.75, 3.05) is 24.3 Å². The van der Waals surface area contributed by atoms with Crippen LogP contribution in [0.2, 0.25) is 5.02 Å². The molecule has 0 radical (unpaired) electrons. The van der Waals surface area contributed by atoms with E-state index >= 15 is 0 Å². The summed E-state index contributed by atoms with van der Waals surface area (Å²) in [5, 5.41) is 10.6. The molecule has 28 heavy (non-hydrogen) atoms. The summed E-state index contributed by atoms with van der Waals surface area (Å²) >= 11 is 8.63. The second-order valence-corrected chi connectivity index (χ2v) is 8.18. The van der Waals surface area contributed by atoms with Crippen LogP contribution in [-0.2, 0) is 14.3 Å². The molecule has 0 saturated carbocycles. The number of hydrogen-bond acceptors (Lipinski definition) is 7. The number of ether oxygens (including phenoxy) is 1. The van der Waals surface area contributed by atoms with Crippen molar-refractivity contribution < 1.29 is 14.3 Å². The Bertz CT molecular complexity index is 1000. The zero-order chi connectivity index (χ0) is 20.1. The molecule has 0 N–H and O–H groups in total. The SMILES string of the molecule is CN1/C(=C(\C#N)C(=O)COC(=O)CSc2ccccc2Cl)Sc2ccccc21. The highest BCUT2D eigenvalue weighted by Gasteiger charge is 2.28. The Morgan fingerprint density at radius 3 is 2.64 bits per heavy atom. The highest BCUT2D eigenvalue weighted by molar-refractivity contribution is 8.03. The van der Waals surface area contributed by atoms with Crippen LogP contribution in [0, 0.1) is 11.3 Å². The Morgan fingerprint density at radius 1 is 1.21 bits per heavy atom. The molecule has 1 heterocycles. The van der Waals surface area contributed by atoms with Gasteiger partial charge in [-0.3, -0.25) is 9.59 Å². The number of halogens is 1. The number of ketones is 1. The molecule has 0 unspecified atom stereocenters. The average Bonchev–Trinajstić information content (AvgIpc) is 3.03. The lowest BCUT2D eigenvalue weighted by molar-refractivity contribution is -0.144. The van der Waals surface area contributed by atoms with E-state index in [2.05, 4.69) is 0 Å². The maximum atomic E-state index is 12.5. The van der Waals surface area contributed by atoms with Gasteiger partial charge in [0.1, 0.15) is 16.7 Å². The number of carbonyl (C=O) groups is 2. The summed E-state index contributed by atoms with van der Waals surface area (Å²) in [6.45, 7) is -0.473. The van der Waals surface area contributed by atoms with Crippen molar-refractivity contribution in [1.82, 2.24) is 0 Å². The van der Waals surface area contributed by atoms with Gasteiger partial charge in [-0.2, -0.15) is 5.26 Å². The maximum absolute atomic E-state index is 12.5. The van der Waals surface area contributed by atoms with Gasteiger partial charge in [0.15, 0.2) is 6.61 Å². The van der Waals surface area contributed by atoms with Crippen LogP contribution < -0.4 is 4.90 Å². The number of thioether (sulfide) groups is 2. The standard InChI is InChI=1S/C20H15ClN2O3S2/c1-23-15-7-3-5-9-18(15)28-20(23)13(10-22)16(24)11-26-19(25)12-27-17-8-4-2-6-14(17)21/h2-9H,11-12H2,1H3/b20-13-. The Kier molecular flexibility index (Phi) is 6.68. The summed E-state index contributed by atoms with van der Waals surface area (Å²) in [6, 6.07) is 16.7. The summed E-state index contributed by atoms with van der Waals surface area (Å²) < 4.78 is 5.05. The van der Waals surface area contributed by atoms with E-state index in [-0.39, 0.29) is 11.3 Å². The molecule has 2 aromatic rings. The van der Waals surface area contributed by atoms with Gasteiger partial charge in [0.25, 0.3) is 0 Å². The summed E-state index contributed by atoms with van der Waals surface area (Å²) in [5.41, 5.74) is 0.909. The van der Waals surface area contributed by atoms with Gasteiger partial charge in [0, 0.05) is 16.8 Å². The molecule has 3 rings (SSSR count). The van der Waals surface area contributed by atoms with Crippen LogP contribution in [0.3, 0.4) is 0 Å². The Hall–Kier alpha value is -2.40. The number of nitriles is 1. The lowest BCUT2D eigenvalue weighted by Crippen LogP contribution is -2.20. The van der Waals surface area contributed by atoms with Crippen LogP contribution in [0.4, 0.5) is 5.69 Å². The highest BCUT2D eigenvalue weighted by Crippen LogP contribution is 2.46. The first-order valence-corrected chi connectivity index (χ1v) is 10.4. The van der Waals surface area contributed by atoms with E-state index in [0.29, 0.717) is 10.1 Å². The van der Waals surface area contributed by atoms with E-state index in [1.165, 1.54) is 23.5 Å². The molecule has 5 nitrogen and oxygen atoms in total. The van der Waals surface area contributed by atoms with Gasteiger partial charge in [-0.25, -0.2) is 0 Å². The molecule has 0 aromatic heterocycles. The number of benzene rings is 2. The van der Waals surface area contributed by atoms with Crippen LogP contribution in [-0.4, -0.2) is 31.2 Å². The molecule has 8 heteroatoms. The molecule has 2 aromatic carbocycles. The largest absolute Gasteiger partial charge is 0.457 e. The molecule has 0 saturated heterocycles. The molecule has 0 fully saturated rings. The van der Waals surface area contributed by atoms with E-state index in [1.54, 1.807) is 30.1 Å². The zero-order valence-electron chi connectivity index (χ0n) is 14.8. The molecule has 0 aliphatic carbocycles. The summed E-state index contributed by atoms with van der Waals surface area (Å²) in [7, 11) is 1.80. The van der Waals surface area contributed by atoms with Crippen molar-refractivity contribution in [2.45, 2.75) is 9.79 Å². The lowest BCUT2D eigenvalue weighted by Gasteiger charge is -2.14. The third-order valence-corrected chi connectivity index (χ3v) is 6.61. The van der Waals surface area contributed by atoms with Crippen molar-refractivity contribution in [3.63, 3.8) is 0 Å². The van der Waals surface area contributed by atoms with Gasteiger partial charge < -0.3 is 9.64 Å². The number of esters is 1. The molecule has 0 amide bonds. The molecule has 1 aliphatic rings. The number of rotatable bonds is 6. The topological polar surface area (TPSA) is 70.4 Å². The van der Waals surface area contributed by atoms with Crippen molar-refractivity contribution in [1.29, 1.82) is 5.26 Å². The number of nitrogens with zero attached hydrogens (tertiary/aromatic N) is 2. The van der Waals surface area contributed by atoms with E-state index in [0.717, 1.165) is 15.5 Å². The van der Waals surface area contributed by atoms with Crippen molar-refractivity contribution >= 4 is 52.6 Å². The van der Waals surface area contributed by atoms with E-state index < -0.39 is 18.4 Å². The number of Topliss-reactive ketones (excluding diaryl/α,β-unsaturated/α-hetero) is 1. The second-order valence-electron chi connectivity index (χ2n) is 5.72. The molecular weight excluding hydrogens is 416 g/mol. The smallest absolute Gasteiger partial charge is 0.316 e. The second kappa shape index (κ2) is 9.20. The fourth-order valence-corrected chi connectivity index (χ4v) is 4.71. The number of fused-ring (bicyclic) bond motifs is 1. The van der Waals surface area contributed by atoms with Crippen LogP contribution in [0.5, 0.6) is 0 Å². The fraction of sp³-hybridized carbons (Fsp3) is 0.150. The number of para-hydroxylation sites is 1. The van der Waals surface area contributed by atoms with Gasteiger partial charge in [-0.05, 0) is 24.3 Å². The van der Waals surface area contributed by atoms with Gasteiger partial charge in [0.05, 0.1) is 16.5 Å². The molecule has 0 bridgehead atoms.